The Morgan fingerprint density at radius 3 is 2.48 bits per heavy atom. The van der Waals surface area contributed by atoms with Crippen molar-refractivity contribution in [1.82, 2.24) is 14.9 Å². The van der Waals surface area contributed by atoms with Gasteiger partial charge in [-0.1, -0.05) is 6.92 Å². The van der Waals surface area contributed by atoms with E-state index in [-0.39, 0.29) is 23.4 Å². The maximum Gasteiger partial charge on any atom is 0.294 e. The molecule has 0 bridgehead atoms. The van der Waals surface area contributed by atoms with Gasteiger partial charge in [-0.3, -0.25) is 14.4 Å². The molecule has 8 nitrogen and oxygen atoms in total. The van der Waals surface area contributed by atoms with Gasteiger partial charge in [0.25, 0.3) is 17.6 Å². The summed E-state index contributed by atoms with van der Waals surface area (Å²) in [6.45, 7) is 6.27. The maximum absolute atomic E-state index is 13.3. The third kappa shape index (κ3) is 4.51. The minimum absolute atomic E-state index is 0.0892. The van der Waals surface area contributed by atoms with Crippen LogP contribution in [-0.2, 0) is 11.8 Å². The molecule has 1 atom stereocenters. The van der Waals surface area contributed by atoms with Crippen molar-refractivity contribution < 1.29 is 23.9 Å². The SMILES string of the molecule is CCC(CO)NC(=O)C(=O)c1c(C)c(C(=O)Nc2cnc(F)c(C)c2)c(C)n1C. The van der Waals surface area contributed by atoms with Gasteiger partial charge >= 0.3 is 0 Å². The van der Waals surface area contributed by atoms with Gasteiger partial charge in [0, 0.05) is 18.3 Å². The van der Waals surface area contributed by atoms with E-state index in [0.717, 1.165) is 0 Å². The largest absolute Gasteiger partial charge is 0.394 e. The molecule has 2 aromatic heterocycles. The van der Waals surface area contributed by atoms with Gasteiger partial charge in [0.15, 0.2) is 0 Å². The minimum Gasteiger partial charge on any atom is -0.394 e. The number of anilines is 1. The number of carbonyl (C=O) groups excluding carboxylic acids is 3. The van der Waals surface area contributed by atoms with Gasteiger partial charge in [-0.2, -0.15) is 4.39 Å². The molecule has 0 saturated heterocycles. The van der Waals surface area contributed by atoms with Gasteiger partial charge in [-0.25, -0.2) is 4.98 Å². The normalized spacial score (nSPS) is 11.8. The molecule has 0 aliphatic rings. The van der Waals surface area contributed by atoms with E-state index >= 15 is 0 Å². The van der Waals surface area contributed by atoms with Crippen LogP contribution in [0.4, 0.5) is 10.1 Å². The molecule has 0 saturated carbocycles. The first-order valence-corrected chi connectivity index (χ1v) is 9.17. The van der Waals surface area contributed by atoms with E-state index in [1.165, 1.54) is 23.8 Å². The number of halogens is 1. The molecule has 2 amide bonds. The van der Waals surface area contributed by atoms with Gasteiger partial charge in [0.1, 0.15) is 0 Å². The highest BCUT2D eigenvalue weighted by molar-refractivity contribution is 6.43. The summed E-state index contributed by atoms with van der Waals surface area (Å²) in [4.78, 5) is 41.3. The second kappa shape index (κ2) is 8.95. The summed E-state index contributed by atoms with van der Waals surface area (Å²) in [6.07, 6.45) is 1.67. The Balaban J connectivity index is 2.33. The summed E-state index contributed by atoms with van der Waals surface area (Å²) < 4.78 is 14.8. The van der Waals surface area contributed by atoms with E-state index in [4.69, 9.17) is 0 Å². The number of aromatic nitrogens is 2. The lowest BCUT2D eigenvalue weighted by molar-refractivity contribution is -0.118. The molecule has 2 heterocycles. The smallest absolute Gasteiger partial charge is 0.294 e. The standard InChI is InChI=1S/C20H25FN4O4/c1-6-13(9-26)23-20(29)17(27)16-11(3)15(12(4)25(16)5)19(28)24-14-7-10(2)18(21)22-8-14/h7-8,13,26H,6,9H2,1-5H3,(H,23,29)(H,24,28). The van der Waals surface area contributed by atoms with Crippen molar-refractivity contribution in [3.63, 3.8) is 0 Å². The summed E-state index contributed by atoms with van der Waals surface area (Å²) in [5.41, 5.74) is 1.79. The number of hydrogen-bond donors (Lipinski definition) is 3. The van der Waals surface area contributed by atoms with Gasteiger partial charge in [0.2, 0.25) is 5.95 Å². The number of aliphatic hydroxyl groups is 1. The predicted octanol–water partition coefficient (Wildman–Crippen LogP) is 1.81. The zero-order valence-corrected chi connectivity index (χ0v) is 17.1. The van der Waals surface area contributed by atoms with Crippen molar-refractivity contribution in [3.05, 3.63) is 46.3 Å². The van der Waals surface area contributed by atoms with Crippen molar-refractivity contribution in [2.75, 3.05) is 11.9 Å². The Kier molecular flexibility index (Phi) is 6.86. The van der Waals surface area contributed by atoms with E-state index in [9.17, 15) is 23.9 Å². The van der Waals surface area contributed by atoms with Crippen LogP contribution >= 0.6 is 0 Å². The number of amides is 2. The van der Waals surface area contributed by atoms with Crippen LogP contribution in [0.15, 0.2) is 12.3 Å². The lowest BCUT2D eigenvalue weighted by atomic mass is 10.1. The molecule has 0 aliphatic heterocycles. The van der Waals surface area contributed by atoms with Crippen molar-refractivity contribution in [2.45, 2.75) is 40.2 Å². The van der Waals surface area contributed by atoms with Crippen LogP contribution in [-0.4, -0.2) is 44.9 Å². The number of carbonyl (C=O) groups is 3. The first-order chi connectivity index (χ1) is 13.6. The number of aliphatic hydroxyl groups excluding tert-OH is 1. The second-order valence-corrected chi connectivity index (χ2v) is 6.87. The summed E-state index contributed by atoms with van der Waals surface area (Å²) in [6, 6.07) is 0.928. The Morgan fingerprint density at radius 2 is 1.93 bits per heavy atom. The molecular weight excluding hydrogens is 379 g/mol. The lowest BCUT2D eigenvalue weighted by Crippen LogP contribution is -2.41. The van der Waals surface area contributed by atoms with E-state index in [1.807, 2.05) is 0 Å². The molecule has 2 rings (SSSR count). The van der Waals surface area contributed by atoms with Crippen LogP contribution in [0.5, 0.6) is 0 Å². The predicted molar refractivity (Wildman–Crippen MR) is 105 cm³/mol. The molecule has 9 heteroatoms. The molecular formula is C20H25FN4O4. The monoisotopic (exact) mass is 404 g/mol. The Labute approximate surface area is 168 Å². The number of pyridine rings is 1. The molecule has 3 N–H and O–H groups in total. The molecule has 29 heavy (non-hydrogen) atoms. The molecule has 0 spiro atoms. The number of nitrogens with zero attached hydrogens (tertiary/aromatic N) is 2. The van der Waals surface area contributed by atoms with Crippen LogP contribution < -0.4 is 10.6 Å². The number of nitrogens with one attached hydrogen (secondary N) is 2. The molecule has 0 radical (unpaired) electrons. The van der Waals surface area contributed by atoms with Gasteiger partial charge in [-0.05, 0) is 38.8 Å². The highest BCUT2D eigenvalue weighted by Crippen LogP contribution is 2.23. The first kappa shape index (κ1) is 22.2. The lowest BCUT2D eigenvalue weighted by Gasteiger charge is -2.13. The van der Waals surface area contributed by atoms with Crippen LogP contribution in [0, 0.1) is 26.7 Å². The Hall–Kier alpha value is -3.07. The molecule has 156 valence electrons. The van der Waals surface area contributed by atoms with Crippen molar-refractivity contribution in [1.29, 1.82) is 0 Å². The number of rotatable bonds is 7. The van der Waals surface area contributed by atoms with Gasteiger partial charge < -0.3 is 20.3 Å². The number of ketones is 1. The summed E-state index contributed by atoms with van der Waals surface area (Å²) in [5.74, 6) is -2.76. The fourth-order valence-corrected chi connectivity index (χ4v) is 3.09. The molecule has 0 aromatic carbocycles. The summed E-state index contributed by atoms with van der Waals surface area (Å²) >= 11 is 0. The number of hydrogen-bond acceptors (Lipinski definition) is 5. The quantitative estimate of drug-likeness (QED) is 0.370. The first-order valence-electron chi connectivity index (χ1n) is 9.17. The van der Waals surface area contributed by atoms with Gasteiger partial charge in [-0.15, -0.1) is 0 Å². The van der Waals surface area contributed by atoms with E-state index < -0.39 is 29.6 Å². The molecule has 2 aromatic rings. The van der Waals surface area contributed by atoms with E-state index in [0.29, 0.717) is 23.4 Å². The van der Waals surface area contributed by atoms with Crippen molar-refractivity contribution in [3.8, 4) is 0 Å². The maximum atomic E-state index is 13.3. The summed E-state index contributed by atoms with van der Waals surface area (Å²) in [7, 11) is 1.59. The van der Waals surface area contributed by atoms with Crippen molar-refractivity contribution in [2.24, 2.45) is 7.05 Å². The fraction of sp³-hybridized carbons (Fsp3) is 0.400. The zero-order chi connectivity index (χ0) is 21.9. The number of aryl methyl sites for hydroxylation is 1. The van der Waals surface area contributed by atoms with Crippen LogP contribution in [0.1, 0.15) is 51.0 Å². The fourth-order valence-electron chi connectivity index (χ4n) is 3.09. The molecule has 0 fully saturated rings. The minimum atomic E-state index is -0.847. The van der Waals surface area contributed by atoms with Crippen LogP contribution in [0.3, 0.4) is 0 Å². The number of Topliss-reactive ketones (excluding diaryl/α,β-unsaturated/α-hetero) is 1. The average molecular weight is 404 g/mol. The highest BCUT2D eigenvalue weighted by Gasteiger charge is 2.29. The average Bonchev–Trinajstić information content (AvgIpc) is 2.90. The zero-order valence-electron chi connectivity index (χ0n) is 17.1. The Bertz CT molecular complexity index is 964. The third-order valence-corrected chi connectivity index (χ3v) is 4.90. The van der Waals surface area contributed by atoms with E-state index in [1.54, 1.807) is 27.8 Å². The third-order valence-electron chi connectivity index (χ3n) is 4.90. The summed E-state index contributed by atoms with van der Waals surface area (Å²) in [5, 5.41) is 14.3. The van der Waals surface area contributed by atoms with E-state index in [2.05, 4.69) is 15.6 Å². The highest BCUT2D eigenvalue weighted by atomic mass is 19.1. The van der Waals surface area contributed by atoms with Crippen LogP contribution in [0.2, 0.25) is 0 Å². The Morgan fingerprint density at radius 1 is 1.28 bits per heavy atom. The molecule has 1 unspecified atom stereocenters. The second-order valence-electron chi connectivity index (χ2n) is 6.87. The van der Waals surface area contributed by atoms with Crippen molar-refractivity contribution >= 4 is 23.3 Å². The van der Waals surface area contributed by atoms with Gasteiger partial charge in [0.05, 0.1) is 35.8 Å². The van der Waals surface area contributed by atoms with Crippen LogP contribution in [0.25, 0.3) is 0 Å². The molecule has 0 aliphatic carbocycles. The topological polar surface area (TPSA) is 113 Å².